The Bertz CT molecular complexity index is 930. The van der Waals surface area contributed by atoms with Crippen LogP contribution in [0.2, 0.25) is 0 Å². The highest BCUT2D eigenvalue weighted by Crippen LogP contribution is 2.21. The number of carbonyl (C=O) groups excluding carboxylic acids is 1. The third kappa shape index (κ3) is 4.77. The summed E-state index contributed by atoms with van der Waals surface area (Å²) in [6.45, 7) is 9.14. The van der Waals surface area contributed by atoms with E-state index in [1.54, 1.807) is 12.5 Å². The SMILES string of the molecule is Cc1ccc(-n2cnnc2SCC(=O)Nc2ccnn2CC(C)C)cc1C. The van der Waals surface area contributed by atoms with Crippen molar-refractivity contribution in [3.63, 3.8) is 0 Å². The van der Waals surface area contributed by atoms with Crippen LogP contribution >= 0.6 is 11.8 Å². The number of nitrogens with one attached hydrogen (secondary N) is 1. The second kappa shape index (κ2) is 8.39. The van der Waals surface area contributed by atoms with Gasteiger partial charge in [0.05, 0.1) is 11.9 Å². The number of anilines is 1. The third-order valence-corrected chi connectivity index (χ3v) is 5.08. The Morgan fingerprint density at radius 1 is 1.22 bits per heavy atom. The maximum absolute atomic E-state index is 12.4. The molecule has 0 atom stereocenters. The van der Waals surface area contributed by atoms with Gasteiger partial charge in [-0.2, -0.15) is 5.10 Å². The normalized spacial score (nSPS) is 11.1. The van der Waals surface area contributed by atoms with Gasteiger partial charge in [0, 0.05) is 18.3 Å². The van der Waals surface area contributed by atoms with E-state index in [0.717, 1.165) is 12.2 Å². The molecule has 142 valence electrons. The van der Waals surface area contributed by atoms with E-state index in [1.165, 1.54) is 22.9 Å². The summed E-state index contributed by atoms with van der Waals surface area (Å²) in [6.07, 6.45) is 3.36. The lowest BCUT2D eigenvalue weighted by Gasteiger charge is -2.11. The van der Waals surface area contributed by atoms with Gasteiger partial charge in [-0.3, -0.25) is 9.36 Å². The molecule has 1 N–H and O–H groups in total. The molecule has 2 heterocycles. The van der Waals surface area contributed by atoms with Crippen LogP contribution in [0.15, 0.2) is 41.9 Å². The first kappa shape index (κ1) is 19.2. The number of aryl methyl sites for hydroxylation is 2. The molecule has 0 aliphatic carbocycles. The van der Waals surface area contributed by atoms with E-state index >= 15 is 0 Å². The highest BCUT2D eigenvalue weighted by Gasteiger charge is 2.13. The van der Waals surface area contributed by atoms with Gasteiger partial charge in [-0.15, -0.1) is 10.2 Å². The van der Waals surface area contributed by atoms with Gasteiger partial charge in [-0.05, 0) is 43.0 Å². The average molecular weight is 385 g/mol. The molecule has 3 rings (SSSR count). The molecule has 0 radical (unpaired) electrons. The van der Waals surface area contributed by atoms with Gasteiger partial charge in [0.15, 0.2) is 5.16 Å². The maximum Gasteiger partial charge on any atom is 0.235 e. The lowest BCUT2D eigenvalue weighted by molar-refractivity contribution is -0.113. The van der Waals surface area contributed by atoms with Gasteiger partial charge in [0.2, 0.25) is 5.91 Å². The number of aromatic nitrogens is 5. The minimum absolute atomic E-state index is 0.0971. The summed E-state index contributed by atoms with van der Waals surface area (Å²) in [6, 6.07) is 8.00. The Kier molecular flexibility index (Phi) is 5.95. The van der Waals surface area contributed by atoms with Crippen LogP contribution in [-0.2, 0) is 11.3 Å². The summed E-state index contributed by atoms with van der Waals surface area (Å²) >= 11 is 1.36. The Balaban J connectivity index is 1.64. The number of thioether (sulfide) groups is 1. The zero-order chi connectivity index (χ0) is 19.4. The first-order chi connectivity index (χ1) is 12.9. The van der Waals surface area contributed by atoms with E-state index in [-0.39, 0.29) is 11.7 Å². The molecule has 2 aromatic heterocycles. The van der Waals surface area contributed by atoms with Crippen LogP contribution in [0, 0.1) is 19.8 Å². The molecule has 3 aromatic rings. The molecule has 0 saturated carbocycles. The van der Waals surface area contributed by atoms with Gasteiger partial charge in [0.25, 0.3) is 0 Å². The second-order valence-corrected chi connectivity index (χ2v) is 7.82. The van der Waals surface area contributed by atoms with Crippen molar-refractivity contribution in [2.75, 3.05) is 11.1 Å². The van der Waals surface area contributed by atoms with Crippen LogP contribution in [0.25, 0.3) is 5.69 Å². The minimum atomic E-state index is -0.0971. The maximum atomic E-state index is 12.4. The molecule has 0 spiro atoms. The molecule has 0 aliphatic heterocycles. The first-order valence-electron chi connectivity index (χ1n) is 8.86. The summed E-state index contributed by atoms with van der Waals surface area (Å²) in [5, 5.41) is 16.0. The molecule has 0 fully saturated rings. The molecule has 0 aliphatic rings. The lowest BCUT2D eigenvalue weighted by atomic mass is 10.1. The molecule has 7 nitrogen and oxygen atoms in total. The van der Waals surface area contributed by atoms with E-state index in [9.17, 15) is 4.79 Å². The summed E-state index contributed by atoms with van der Waals surface area (Å²) < 4.78 is 3.71. The van der Waals surface area contributed by atoms with Crippen molar-refractivity contribution in [3.05, 3.63) is 47.9 Å². The van der Waals surface area contributed by atoms with Gasteiger partial charge < -0.3 is 5.32 Å². The average Bonchev–Trinajstić information content (AvgIpc) is 3.25. The van der Waals surface area contributed by atoms with Crippen LogP contribution in [0.3, 0.4) is 0 Å². The van der Waals surface area contributed by atoms with E-state index in [4.69, 9.17) is 0 Å². The summed E-state index contributed by atoms with van der Waals surface area (Å²) in [4.78, 5) is 12.4. The predicted octanol–water partition coefficient (Wildman–Crippen LogP) is 3.47. The predicted molar refractivity (Wildman–Crippen MR) is 107 cm³/mol. The highest BCUT2D eigenvalue weighted by molar-refractivity contribution is 7.99. The fourth-order valence-corrected chi connectivity index (χ4v) is 3.34. The first-order valence-corrected chi connectivity index (χ1v) is 9.84. The van der Waals surface area contributed by atoms with Crippen LogP contribution in [0.5, 0.6) is 0 Å². The zero-order valence-electron chi connectivity index (χ0n) is 16.0. The zero-order valence-corrected chi connectivity index (χ0v) is 16.8. The standard InChI is InChI=1S/C19H24N6OS/c1-13(2)10-25-17(7-8-21-25)22-18(26)11-27-19-23-20-12-24(19)16-6-5-14(3)15(4)9-16/h5-9,12-13H,10-11H2,1-4H3,(H,22,26). The lowest BCUT2D eigenvalue weighted by Crippen LogP contribution is -2.19. The number of benzene rings is 1. The minimum Gasteiger partial charge on any atom is -0.310 e. The Morgan fingerprint density at radius 3 is 2.78 bits per heavy atom. The molecule has 0 bridgehead atoms. The van der Waals surface area contributed by atoms with Crippen molar-refractivity contribution >= 4 is 23.5 Å². The molecule has 8 heteroatoms. The topological polar surface area (TPSA) is 77.6 Å². The largest absolute Gasteiger partial charge is 0.310 e. The van der Waals surface area contributed by atoms with E-state index in [0.29, 0.717) is 16.9 Å². The van der Waals surface area contributed by atoms with E-state index in [1.807, 2.05) is 21.4 Å². The molecular weight excluding hydrogens is 360 g/mol. The number of hydrogen-bond donors (Lipinski definition) is 1. The monoisotopic (exact) mass is 384 g/mol. The van der Waals surface area contributed by atoms with Gasteiger partial charge in [-0.1, -0.05) is 31.7 Å². The molecule has 1 aromatic carbocycles. The van der Waals surface area contributed by atoms with Crippen molar-refractivity contribution < 1.29 is 4.79 Å². The summed E-state index contributed by atoms with van der Waals surface area (Å²) in [5.41, 5.74) is 3.42. The number of hydrogen-bond acceptors (Lipinski definition) is 5. The quantitative estimate of drug-likeness (QED) is 0.631. The number of nitrogens with zero attached hydrogens (tertiary/aromatic N) is 5. The van der Waals surface area contributed by atoms with Crippen LogP contribution in [0.1, 0.15) is 25.0 Å². The van der Waals surface area contributed by atoms with E-state index in [2.05, 4.69) is 60.4 Å². The van der Waals surface area contributed by atoms with Crippen molar-refractivity contribution in [2.45, 2.75) is 39.4 Å². The number of carbonyl (C=O) groups is 1. The molecule has 27 heavy (non-hydrogen) atoms. The Morgan fingerprint density at radius 2 is 2.04 bits per heavy atom. The Labute approximate surface area is 163 Å². The molecule has 0 saturated heterocycles. The van der Waals surface area contributed by atoms with Gasteiger partial charge in [0.1, 0.15) is 12.1 Å². The fourth-order valence-electron chi connectivity index (χ4n) is 2.61. The fraction of sp³-hybridized carbons (Fsp3) is 0.368. The van der Waals surface area contributed by atoms with E-state index < -0.39 is 0 Å². The van der Waals surface area contributed by atoms with Crippen molar-refractivity contribution in [1.82, 2.24) is 24.5 Å². The molecule has 0 unspecified atom stereocenters. The van der Waals surface area contributed by atoms with Crippen molar-refractivity contribution in [3.8, 4) is 5.69 Å². The number of amides is 1. The smallest absolute Gasteiger partial charge is 0.235 e. The van der Waals surface area contributed by atoms with Crippen LogP contribution in [-0.4, -0.2) is 36.2 Å². The summed E-state index contributed by atoms with van der Waals surface area (Å²) in [5.74, 6) is 1.31. The van der Waals surface area contributed by atoms with Crippen LogP contribution < -0.4 is 5.32 Å². The summed E-state index contributed by atoms with van der Waals surface area (Å²) in [7, 11) is 0. The Hall–Kier alpha value is -2.61. The van der Waals surface area contributed by atoms with Crippen LogP contribution in [0.4, 0.5) is 5.82 Å². The van der Waals surface area contributed by atoms with Crippen molar-refractivity contribution in [2.24, 2.45) is 5.92 Å². The molecule has 1 amide bonds. The van der Waals surface area contributed by atoms with Crippen molar-refractivity contribution in [1.29, 1.82) is 0 Å². The highest BCUT2D eigenvalue weighted by atomic mass is 32.2. The molecular formula is C19H24N6OS. The second-order valence-electron chi connectivity index (χ2n) is 6.88. The third-order valence-electron chi connectivity index (χ3n) is 4.14. The van der Waals surface area contributed by atoms with Gasteiger partial charge in [-0.25, -0.2) is 4.68 Å². The van der Waals surface area contributed by atoms with Gasteiger partial charge >= 0.3 is 0 Å². The number of rotatable bonds is 7.